The van der Waals surface area contributed by atoms with E-state index >= 15 is 8.78 Å². The van der Waals surface area contributed by atoms with Gasteiger partial charge in [0.1, 0.15) is 49.2 Å². The average Bonchev–Trinajstić information content (AvgIpc) is 3.34. The fourth-order valence-electron chi connectivity index (χ4n) is 8.03. The molecule has 0 saturated heterocycles. The van der Waals surface area contributed by atoms with E-state index in [1.54, 1.807) is 19.1 Å². The Balaban J connectivity index is 1.72. The zero-order valence-electron chi connectivity index (χ0n) is 40.1. The number of carbonyl (C=O) groups excluding carboxylic acids is 6. The number of halogens is 2. The van der Waals surface area contributed by atoms with Crippen molar-refractivity contribution in [1.82, 2.24) is 0 Å². The van der Waals surface area contributed by atoms with Gasteiger partial charge in [-0.15, -0.1) is 0 Å². The number of aryl methyl sites for hydroxylation is 2. The predicted molar refractivity (Wildman–Crippen MR) is 249 cm³/mol. The van der Waals surface area contributed by atoms with Crippen LogP contribution in [0.2, 0.25) is 0 Å². The zero-order valence-corrected chi connectivity index (χ0v) is 40.1. The Morgan fingerprint density at radius 3 is 1.69 bits per heavy atom. The molecular formula is C53H64F2O13. The van der Waals surface area contributed by atoms with E-state index in [9.17, 15) is 28.8 Å². The van der Waals surface area contributed by atoms with Gasteiger partial charge in [-0.3, -0.25) is 0 Å². The van der Waals surface area contributed by atoms with Crippen molar-refractivity contribution >= 4 is 35.8 Å². The van der Waals surface area contributed by atoms with E-state index in [2.05, 4.69) is 41.7 Å². The second-order valence-corrected chi connectivity index (χ2v) is 17.4. The lowest BCUT2D eigenvalue weighted by Crippen LogP contribution is -2.45. The molecule has 0 radical (unpaired) electrons. The molecule has 0 bridgehead atoms. The largest absolute Gasteiger partial charge is 0.492 e. The lowest BCUT2D eigenvalue weighted by molar-refractivity contribution is -0.177. The molecule has 0 spiro atoms. The summed E-state index contributed by atoms with van der Waals surface area (Å²) < 4.78 is 69.3. The van der Waals surface area contributed by atoms with Gasteiger partial charge in [0.15, 0.2) is 0 Å². The van der Waals surface area contributed by atoms with Gasteiger partial charge in [0.25, 0.3) is 0 Å². The molecular weight excluding hydrogens is 883 g/mol. The monoisotopic (exact) mass is 946 g/mol. The Morgan fingerprint density at radius 1 is 0.632 bits per heavy atom. The van der Waals surface area contributed by atoms with Crippen molar-refractivity contribution in [2.75, 3.05) is 47.3 Å². The van der Waals surface area contributed by atoms with E-state index in [0.29, 0.717) is 28.2 Å². The maximum absolute atomic E-state index is 16.5. The molecule has 3 aromatic rings. The minimum Gasteiger partial charge on any atom is -0.492 e. The highest BCUT2D eigenvalue weighted by molar-refractivity contribution is 6.30. The summed E-state index contributed by atoms with van der Waals surface area (Å²) >= 11 is 0. The Morgan fingerprint density at radius 2 is 1.18 bits per heavy atom. The predicted octanol–water partition coefficient (Wildman–Crippen LogP) is 9.68. The first kappa shape index (κ1) is 54.2. The quantitative estimate of drug-likeness (QED) is 0.0290. The molecule has 0 aliphatic heterocycles. The molecule has 0 N–H and O–H groups in total. The van der Waals surface area contributed by atoms with Crippen LogP contribution in [0.1, 0.15) is 108 Å². The molecule has 0 heterocycles. The van der Waals surface area contributed by atoms with Crippen LogP contribution in [-0.2, 0) is 70.0 Å². The Labute approximate surface area is 397 Å². The van der Waals surface area contributed by atoms with E-state index < -0.39 is 79.3 Å². The van der Waals surface area contributed by atoms with Crippen LogP contribution in [0.3, 0.4) is 0 Å². The molecule has 0 aromatic heterocycles. The maximum atomic E-state index is 16.5. The molecule has 68 heavy (non-hydrogen) atoms. The molecule has 0 unspecified atom stereocenters. The van der Waals surface area contributed by atoms with E-state index in [4.69, 9.17) is 23.7 Å². The molecule has 13 nitrogen and oxygen atoms in total. The number of carbonyl (C=O) groups is 6. The maximum Gasteiger partial charge on any atom is 0.417 e. The van der Waals surface area contributed by atoms with Gasteiger partial charge >= 0.3 is 35.8 Å². The SMILES string of the molecule is C=C(C)C(=O)OCCCc1cc(-c2c(F)cc(-c3ccc(C4CCC(CCCCC)CC4)cc3)cc2F)c(CC)cc1OCC(COC(=O)C(=C)C)(COC(=O)C(=O)OC)COC(=O)C(=O)OC. The van der Waals surface area contributed by atoms with Gasteiger partial charge in [-0.25, -0.2) is 37.5 Å². The van der Waals surface area contributed by atoms with Crippen molar-refractivity contribution in [3.8, 4) is 28.0 Å². The number of unbranched alkanes of at least 4 members (excludes halogenated alkanes) is 2. The van der Waals surface area contributed by atoms with E-state index in [0.717, 1.165) is 33.0 Å². The van der Waals surface area contributed by atoms with Gasteiger partial charge in [0, 0.05) is 11.1 Å². The standard InChI is InChI=1S/C53H64F2O13/c1-9-11-12-14-35-16-18-37(19-17-35)38-20-22-39(23-21-38)41-26-43(54)46(44(55)27-41)42-25-40(15-13-24-64-47(56)33(3)4)45(28-36(42)10-2)65-29-53(30-66-48(57)34(5)6,31-67-51(60)49(58)62-7)32-68-52(61)50(59)63-8/h20-23,25-28,35,37H,3,5,9-19,24,29-32H2,1-2,4,6-8H3. The summed E-state index contributed by atoms with van der Waals surface area (Å²) in [6.07, 6.45) is 10.4. The van der Waals surface area contributed by atoms with Crippen LogP contribution in [0.5, 0.6) is 5.75 Å². The van der Waals surface area contributed by atoms with Gasteiger partial charge in [0.2, 0.25) is 0 Å². The summed E-state index contributed by atoms with van der Waals surface area (Å²) in [5.41, 5.74) is 1.45. The van der Waals surface area contributed by atoms with Crippen LogP contribution in [0.4, 0.5) is 8.78 Å². The third kappa shape index (κ3) is 15.3. The van der Waals surface area contributed by atoms with Crippen LogP contribution in [0, 0.1) is 23.0 Å². The summed E-state index contributed by atoms with van der Waals surface area (Å²) in [5, 5.41) is 0. The van der Waals surface area contributed by atoms with E-state index in [1.165, 1.54) is 70.1 Å². The molecule has 3 aromatic carbocycles. The van der Waals surface area contributed by atoms with Crippen molar-refractivity contribution in [2.24, 2.45) is 11.3 Å². The molecule has 1 saturated carbocycles. The Hall–Kier alpha value is -6.38. The van der Waals surface area contributed by atoms with Crippen LogP contribution >= 0.6 is 0 Å². The van der Waals surface area contributed by atoms with E-state index in [-0.39, 0.29) is 53.9 Å². The molecule has 1 fully saturated rings. The van der Waals surface area contributed by atoms with Crippen LogP contribution in [0.15, 0.2) is 72.8 Å². The second-order valence-electron chi connectivity index (χ2n) is 17.4. The summed E-state index contributed by atoms with van der Waals surface area (Å²) in [5.74, 6) is -7.32. The van der Waals surface area contributed by atoms with Gasteiger partial charge in [-0.2, -0.15) is 0 Å². The molecule has 15 heteroatoms. The smallest absolute Gasteiger partial charge is 0.417 e. The number of hydrogen-bond donors (Lipinski definition) is 0. The average molecular weight is 947 g/mol. The number of rotatable bonds is 23. The summed E-state index contributed by atoms with van der Waals surface area (Å²) in [6, 6.07) is 13.7. The fraction of sp³-hybridized carbons (Fsp3) is 0.472. The minimum atomic E-state index is -1.81. The number of ether oxygens (including phenoxy) is 7. The Kier molecular flexibility index (Phi) is 20.9. The highest BCUT2D eigenvalue weighted by Gasteiger charge is 2.39. The number of benzene rings is 3. The number of hydrogen-bond acceptors (Lipinski definition) is 13. The van der Waals surface area contributed by atoms with Gasteiger partial charge < -0.3 is 33.2 Å². The molecule has 1 aliphatic rings. The lowest BCUT2D eigenvalue weighted by atomic mass is 9.77. The van der Waals surface area contributed by atoms with Crippen LogP contribution in [-0.4, -0.2) is 83.1 Å². The summed E-state index contributed by atoms with van der Waals surface area (Å²) in [7, 11) is 1.90. The van der Waals surface area contributed by atoms with Gasteiger partial charge in [0.05, 0.1) is 26.4 Å². The van der Waals surface area contributed by atoms with Crippen LogP contribution < -0.4 is 4.74 Å². The van der Waals surface area contributed by atoms with Crippen molar-refractivity contribution in [1.29, 1.82) is 0 Å². The highest BCUT2D eigenvalue weighted by Crippen LogP contribution is 2.40. The number of methoxy groups -OCH3 is 2. The van der Waals surface area contributed by atoms with Crippen molar-refractivity contribution in [3.63, 3.8) is 0 Å². The zero-order chi connectivity index (χ0) is 50.0. The molecule has 368 valence electrons. The van der Waals surface area contributed by atoms with Gasteiger partial charge in [-0.1, -0.05) is 77.0 Å². The summed E-state index contributed by atoms with van der Waals surface area (Å²) in [4.78, 5) is 73.9. The van der Waals surface area contributed by atoms with Crippen molar-refractivity contribution in [3.05, 3.63) is 101 Å². The van der Waals surface area contributed by atoms with Crippen LogP contribution in [0.25, 0.3) is 22.3 Å². The Bertz CT molecular complexity index is 2240. The van der Waals surface area contributed by atoms with Gasteiger partial charge in [-0.05, 0) is 128 Å². The van der Waals surface area contributed by atoms with Crippen molar-refractivity contribution in [2.45, 2.75) is 104 Å². The molecule has 4 rings (SSSR count). The third-order valence-electron chi connectivity index (χ3n) is 12.0. The number of esters is 6. The normalized spacial score (nSPS) is 14.5. The minimum absolute atomic E-state index is 0.0122. The first-order valence-electron chi connectivity index (χ1n) is 23.0. The molecule has 0 amide bonds. The fourth-order valence-corrected chi connectivity index (χ4v) is 8.03. The lowest BCUT2D eigenvalue weighted by Gasteiger charge is -2.32. The topological polar surface area (TPSA) is 167 Å². The molecule has 0 atom stereocenters. The molecule has 1 aliphatic carbocycles. The highest BCUT2D eigenvalue weighted by atomic mass is 19.1. The van der Waals surface area contributed by atoms with E-state index in [1.807, 2.05) is 12.1 Å². The first-order chi connectivity index (χ1) is 32.5. The third-order valence-corrected chi connectivity index (χ3v) is 12.0. The summed E-state index contributed by atoms with van der Waals surface area (Å²) in [6.45, 7) is 11.2. The first-order valence-corrected chi connectivity index (χ1v) is 23.0. The second kappa shape index (κ2) is 26.2. The van der Waals surface area contributed by atoms with Crippen molar-refractivity contribution < 1.29 is 70.7 Å².